The molecule has 0 bridgehead atoms. The van der Waals surface area contributed by atoms with Crippen LogP contribution in [-0.2, 0) is 80.6 Å². The number of ether oxygens (including phenoxy) is 10. The summed E-state index contributed by atoms with van der Waals surface area (Å²) in [4.78, 5) is 78.0. The van der Waals surface area contributed by atoms with Crippen LogP contribution in [0.1, 0.15) is 60.3 Å². The highest BCUT2D eigenvalue weighted by molar-refractivity contribution is 6.74. The van der Waals surface area contributed by atoms with Crippen LogP contribution in [0.25, 0.3) is 0 Å². The van der Waals surface area contributed by atoms with Gasteiger partial charge in [0, 0.05) is 33.3 Å². The fraction of sp³-hybridized carbons (Fsp3) is 0.676. The SMILES string of the molecule is CC(=O)OC[C@H]1O[C@@H](O[C@H]2[C@@H]3O[C@H](c4ccccc4)OC[C@H]3O[C@@H](O[Si](C)(C)C(C)(C)C)[C@@H]2N2C(=O)COCC2=O)[C@H](OC(C)=O)[C@@H](OC(C)=O)[C@H]1OC(C)=O. The molecule has 19 heteroatoms. The van der Waals surface area contributed by atoms with Gasteiger partial charge in [0.25, 0.3) is 11.8 Å². The second-order valence-corrected chi connectivity index (χ2v) is 20.2. The fourth-order valence-electron chi connectivity index (χ4n) is 6.62. The normalized spacial score (nSPS) is 32.5. The highest BCUT2D eigenvalue weighted by Gasteiger charge is 2.60. The lowest BCUT2D eigenvalue weighted by Gasteiger charge is -2.55. The minimum absolute atomic E-state index is 0.0439. The number of fused-ring (bicyclic) bond motifs is 1. The molecule has 0 unspecified atom stereocenters. The predicted molar refractivity (Wildman–Crippen MR) is 190 cm³/mol. The lowest BCUT2D eigenvalue weighted by molar-refractivity contribution is -0.378. The standard InChI is InChI=1S/C37H51NO17Si/c1-19(39)46-15-24-30(48-20(2)40)32(49-21(3)41)33(50-22(4)42)36(52-24)54-31-28(38-26(43)17-45-18-27(38)44)35(55-56(8,9)37(5,6)7)51-25-16-47-34(53-29(25)31)23-13-11-10-12-14-23/h10-14,24-25,28-36H,15-18H2,1-9H3/t24-,25-,28-,29-,30+,31-,32+,33-,34-,35+,36+/m1/s1. The van der Waals surface area contributed by atoms with Crippen LogP contribution in [-0.4, -0.2) is 137 Å². The molecule has 0 radical (unpaired) electrons. The van der Waals surface area contributed by atoms with E-state index in [9.17, 15) is 28.8 Å². The van der Waals surface area contributed by atoms with Crippen LogP contribution in [0.4, 0.5) is 0 Å². The maximum Gasteiger partial charge on any atom is 0.303 e. The molecule has 1 aromatic rings. The molecule has 11 atom stereocenters. The summed E-state index contributed by atoms with van der Waals surface area (Å²) in [6.07, 6.45) is -13.4. The molecule has 310 valence electrons. The van der Waals surface area contributed by atoms with E-state index in [0.717, 1.165) is 32.6 Å². The summed E-state index contributed by atoms with van der Waals surface area (Å²) in [7, 11) is -2.77. The van der Waals surface area contributed by atoms with Gasteiger partial charge in [-0.2, -0.15) is 0 Å². The van der Waals surface area contributed by atoms with E-state index in [4.69, 9.17) is 51.8 Å². The Morgan fingerprint density at radius 3 is 1.93 bits per heavy atom. The first kappa shape index (κ1) is 43.3. The number of nitrogens with zero attached hydrogens (tertiary/aromatic N) is 1. The summed E-state index contributed by atoms with van der Waals surface area (Å²) in [6.45, 7) is 13.0. The number of rotatable bonds is 11. The molecule has 0 aliphatic carbocycles. The second kappa shape index (κ2) is 17.8. The molecule has 4 aliphatic heterocycles. The van der Waals surface area contributed by atoms with Gasteiger partial charge in [-0.15, -0.1) is 0 Å². The van der Waals surface area contributed by atoms with Crippen molar-refractivity contribution in [3.63, 3.8) is 0 Å². The van der Waals surface area contributed by atoms with E-state index in [1.807, 2.05) is 39.9 Å². The Labute approximate surface area is 325 Å². The summed E-state index contributed by atoms with van der Waals surface area (Å²) in [6, 6.07) is 7.64. The van der Waals surface area contributed by atoms with Crippen molar-refractivity contribution in [1.82, 2.24) is 4.90 Å². The van der Waals surface area contributed by atoms with E-state index in [2.05, 4.69) is 0 Å². The van der Waals surface area contributed by atoms with Crippen molar-refractivity contribution in [3.05, 3.63) is 35.9 Å². The van der Waals surface area contributed by atoms with Crippen molar-refractivity contribution in [1.29, 1.82) is 0 Å². The van der Waals surface area contributed by atoms with Crippen LogP contribution in [0.5, 0.6) is 0 Å². The molecule has 4 saturated heterocycles. The summed E-state index contributed by atoms with van der Waals surface area (Å²) in [5.74, 6) is -4.63. The first-order valence-electron chi connectivity index (χ1n) is 18.3. The molecular weight excluding hydrogens is 758 g/mol. The Morgan fingerprint density at radius 1 is 0.768 bits per heavy atom. The highest BCUT2D eigenvalue weighted by Crippen LogP contribution is 2.44. The lowest BCUT2D eigenvalue weighted by atomic mass is 9.93. The molecule has 18 nitrogen and oxygen atoms in total. The van der Waals surface area contributed by atoms with Gasteiger partial charge in [-0.3, -0.25) is 33.7 Å². The maximum atomic E-state index is 13.7. The molecule has 0 spiro atoms. The number of hydrogen-bond acceptors (Lipinski definition) is 17. The van der Waals surface area contributed by atoms with E-state index in [1.165, 1.54) is 0 Å². The molecule has 0 N–H and O–H groups in total. The lowest BCUT2D eigenvalue weighted by Crippen LogP contribution is -2.73. The molecule has 2 amide bonds. The quantitative estimate of drug-likeness (QED) is 0.136. The number of imide groups is 1. The van der Waals surface area contributed by atoms with E-state index < -0.39 is 131 Å². The largest absolute Gasteiger partial charge is 0.463 e. The van der Waals surface area contributed by atoms with Crippen LogP contribution >= 0.6 is 0 Å². The Hall–Kier alpha value is -3.82. The maximum absolute atomic E-state index is 13.7. The van der Waals surface area contributed by atoms with Crippen molar-refractivity contribution in [2.24, 2.45) is 0 Å². The Bertz CT molecular complexity index is 1600. The zero-order valence-electron chi connectivity index (χ0n) is 33.0. The number of hydrogen-bond donors (Lipinski definition) is 0. The zero-order chi connectivity index (χ0) is 41.1. The predicted octanol–water partition coefficient (Wildman–Crippen LogP) is 2.07. The van der Waals surface area contributed by atoms with E-state index in [1.54, 1.807) is 24.3 Å². The number of morpholine rings is 1. The second-order valence-electron chi connectivity index (χ2n) is 15.4. The average Bonchev–Trinajstić information content (AvgIpc) is 3.09. The van der Waals surface area contributed by atoms with Crippen LogP contribution in [0.2, 0.25) is 18.1 Å². The average molecular weight is 810 g/mol. The van der Waals surface area contributed by atoms with Gasteiger partial charge in [0.15, 0.2) is 45.5 Å². The third-order valence-electron chi connectivity index (χ3n) is 10.1. The smallest absolute Gasteiger partial charge is 0.303 e. The first-order valence-corrected chi connectivity index (χ1v) is 21.2. The Morgan fingerprint density at radius 2 is 1.36 bits per heavy atom. The van der Waals surface area contributed by atoms with Gasteiger partial charge < -0.3 is 51.8 Å². The Kier molecular flexibility index (Phi) is 13.7. The topological polar surface area (TPSA) is 207 Å². The number of carbonyl (C=O) groups is 6. The fourth-order valence-corrected chi connectivity index (χ4v) is 7.75. The van der Waals surface area contributed by atoms with Crippen molar-refractivity contribution >= 4 is 44.0 Å². The highest BCUT2D eigenvalue weighted by atomic mass is 28.4. The zero-order valence-corrected chi connectivity index (χ0v) is 34.0. The van der Waals surface area contributed by atoms with Gasteiger partial charge in [0.05, 0.1) is 6.61 Å². The van der Waals surface area contributed by atoms with Gasteiger partial charge in [0.2, 0.25) is 0 Å². The summed E-state index contributed by atoms with van der Waals surface area (Å²) < 4.78 is 66.6. The third kappa shape index (κ3) is 10.00. The van der Waals surface area contributed by atoms with Gasteiger partial charge in [-0.05, 0) is 18.1 Å². The van der Waals surface area contributed by atoms with Crippen LogP contribution in [0.3, 0.4) is 0 Å². The van der Waals surface area contributed by atoms with Crippen molar-refractivity contribution in [3.8, 4) is 0 Å². The molecule has 4 fully saturated rings. The molecule has 0 saturated carbocycles. The molecule has 4 heterocycles. The summed E-state index contributed by atoms with van der Waals surface area (Å²) in [5.41, 5.74) is 0.645. The molecular formula is C37H51NO17Si. The molecule has 4 aliphatic rings. The minimum atomic E-state index is -2.77. The number of amides is 2. The summed E-state index contributed by atoms with van der Waals surface area (Å²) >= 11 is 0. The van der Waals surface area contributed by atoms with Gasteiger partial charge in [-0.25, -0.2) is 0 Å². The monoisotopic (exact) mass is 809 g/mol. The van der Waals surface area contributed by atoms with Gasteiger partial charge in [0.1, 0.15) is 50.3 Å². The number of carbonyl (C=O) groups excluding carboxylic acids is 6. The minimum Gasteiger partial charge on any atom is -0.463 e. The van der Waals surface area contributed by atoms with E-state index >= 15 is 0 Å². The molecule has 5 rings (SSSR count). The van der Waals surface area contributed by atoms with Gasteiger partial charge >= 0.3 is 23.9 Å². The number of esters is 4. The third-order valence-corrected chi connectivity index (χ3v) is 14.6. The van der Waals surface area contributed by atoms with E-state index in [0.29, 0.717) is 5.56 Å². The molecule has 56 heavy (non-hydrogen) atoms. The summed E-state index contributed by atoms with van der Waals surface area (Å²) in [5, 5.41) is -0.370. The van der Waals surface area contributed by atoms with Crippen LogP contribution < -0.4 is 0 Å². The van der Waals surface area contributed by atoms with Crippen LogP contribution in [0, 0.1) is 0 Å². The van der Waals surface area contributed by atoms with Crippen molar-refractivity contribution in [2.75, 3.05) is 26.4 Å². The van der Waals surface area contributed by atoms with E-state index in [-0.39, 0.29) is 11.6 Å². The van der Waals surface area contributed by atoms with Crippen molar-refractivity contribution < 1.29 is 80.6 Å². The Balaban J connectivity index is 1.67. The number of benzene rings is 1. The van der Waals surface area contributed by atoms with Crippen molar-refractivity contribution in [2.45, 2.75) is 134 Å². The van der Waals surface area contributed by atoms with Gasteiger partial charge in [-0.1, -0.05) is 51.1 Å². The van der Waals surface area contributed by atoms with Crippen LogP contribution in [0.15, 0.2) is 30.3 Å². The molecule has 0 aromatic heterocycles. The molecule has 1 aromatic carbocycles. The first-order chi connectivity index (χ1) is 26.3.